The standard InChI is InChI=1S/C20H12Cl3N3O3S.2C20H14Cl2N4O3S.C19H13Cl2N5O3S/c21-11-7-17(26-30(28,29)12-5-6-15(22)16(23)8-12)20(24-9-11)19-14-4-2-1-3-13(14)18(27)10-25-19;1-11-6-17(26-30(28,29)12-2-3-15(21)16(22)7-12)19(25-8-11)20(27)14-9-23-10-18-13(14)4-5-24-18;1-11-8-13(6-7-15(11)22)30(28,29)26-17-9-12(21)10-23-19(17)18-14-4-2-3-5-16(14)24-20(27)25-18;1-10-6-15(26-30(28,29)11-2-3-13(20)14(21)7-11)17(23-8-10)18(27)16-12-4-5-22-19(12)25-9-24-16/h1-9,26H,10H2;2-10,24,26H,1H3;2-10,26H,1H3,(H,24,25,27);2-9,26H,1H3,(H,22,24,25). The molecule has 9 aromatic heterocycles. The summed E-state index contributed by atoms with van der Waals surface area (Å²) in [4.78, 5) is 96.4. The van der Waals surface area contributed by atoms with Crippen molar-refractivity contribution in [3.8, 4) is 11.4 Å². The van der Waals surface area contributed by atoms with Crippen LogP contribution in [0.1, 0.15) is 70.5 Å². The second kappa shape index (κ2) is 35.9. The summed E-state index contributed by atoms with van der Waals surface area (Å²) in [6, 6.07) is 39.5. The minimum absolute atomic E-state index is 0.0216. The first-order valence-electron chi connectivity index (χ1n) is 34.5. The lowest BCUT2D eigenvalue weighted by Crippen LogP contribution is -2.23. The van der Waals surface area contributed by atoms with Gasteiger partial charge in [-0.2, -0.15) is 4.98 Å². The molecule has 41 heteroatoms. The number of carbonyl (C=O) groups excluding carboxylic acids is 3. The van der Waals surface area contributed by atoms with Gasteiger partial charge in [-0.25, -0.2) is 48.4 Å². The van der Waals surface area contributed by atoms with E-state index in [1.54, 1.807) is 106 Å². The molecule has 28 nitrogen and oxygen atoms in total. The van der Waals surface area contributed by atoms with Crippen LogP contribution >= 0.6 is 104 Å². The highest BCUT2D eigenvalue weighted by atomic mass is 35.5. The smallest absolute Gasteiger partial charge is 0.346 e. The maximum absolute atomic E-state index is 13.2. The van der Waals surface area contributed by atoms with Crippen LogP contribution < -0.4 is 24.6 Å². The number of fused-ring (bicyclic) bond motifs is 4. The first kappa shape index (κ1) is 86.5. The summed E-state index contributed by atoms with van der Waals surface area (Å²) in [7, 11) is -16.1. The highest BCUT2D eigenvalue weighted by Crippen LogP contribution is 2.37. The molecule has 120 heavy (non-hydrogen) atoms. The van der Waals surface area contributed by atoms with E-state index in [2.05, 4.69) is 78.7 Å². The largest absolute Gasteiger partial charge is 0.360 e. The average Bonchev–Trinajstić information content (AvgIpc) is 1.09. The van der Waals surface area contributed by atoms with E-state index in [4.69, 9.17) is 104 Å². The van der Waals surface area contributed by atoms with Crippen LogP contribution in [-0.4, -0.2) is 118 Å². The first-order chi connectivity index (χ1) is 57.0. The van der Waals surface area contributed by atoms with Gasteiger partial charge in [0.25, 0.3) is 40.1 Å². The number of hydrogen-bond donors (Lipinski definition) is 7. The molecule has 0 saturated heterocycles. The molecule has 0 saturated carbocycles. The minimum atomic E-state index is -4.06. The van der Waals surface area contributed by atoms with E-state index >= 15 is 0 Å². The molecule has 0 spiro atoms. The Balaban J connectivity index is 0.000000138. The van der Waals surface area contributed by atoms with Gasteiger partial charge in [-0.1, -0.05) is 147 Å². The molecule has 0 atom stereocenters. The van der Waals surface area contributed by atoms with Crippen LogP contribution in [0.3, 0.4) is 0 Å². The number of hydrogen-bond acceptors (Lipinski definition) is 21. The molecule has 1 aliphatic heterocycles. The zero-order valence-corrected chi connectivity index (χ0v) is 71.4. The normalized spacial score (nSPS) is 12.1. The van der Waals surface area contributed by atoms with Crippen molar-refractivity contribution in [1.29, 1.82) is 0 Å². The number of carbonyl (C=O) groups is 3. The molecule has 0 amide bonds. The van der Waals surface area contributed by atoms with Crippen LogP contribution in [0.4, 0.5) is 22.7 Å². The lowest BCUT2D eigenvalue weighted by molar-refractivity contribution is 0.0997. The van der Waals surface area contributed by atoms with Gasteiger partial charge in [-0.05, 0) is 153 Å². The van der Waals surface area contributed by atoms with Crippen LogP contribution in [-0.2, 0) is 40.1 Å². The first-order valence-corrected chi connectivity index (χ1v) is 43.8. The minimum Gasteiger partial charge on any atom is -0.360 e. The van der Waals surface area contributed by atoms with Crippen molar-refractivity contribution < 1.29 is 48.1 Å². The Morgan fingerprint density at radius 2 is 0.883 bits per heavy atom. The molecular weight excluding hydrogens is 1810 g/mol. The summed E-state index contributed by atoms with van der Waals surface area (Å²) in [6.45, 7) is 5.12. The lowest BCUT2D eigenvalue weighted by Gasteiger charge is -2.18. The van der Waals surface area contributed by atoms with E-state index in [1.165, 1.54) is 128 Å². The van der Waals surface area contributed by atoms with E-state index in [1.807, 2.05) is 0 Å². The van der Waals surface area contributed by atoms with Crippen molar-refractivity contribution in [2.75, 3.05) is 25.4 Å². The van der Waals surface area contributed by atoms with E-state index < -0.39 is 57.3 Å². The summed E-state index contributed by atoms with van der Waals surface area (Å²) in [5, 5.41) is 3.67. The topological polar surface area (TPSA) is 416 Å². The van der Waals surface area contributed by atoms with Crippen LogP contribution in [0.25, 0.3) is 44.2 Å². The number of sulfonamides is 4. The van der Waals surface area contributed by atoms with Crippen molar-refractivity contribution in [1.82, 2.24) is 54.8 Å². The van der Waals surface area contributed by atoms with Crippen LogP contribution in [0.15, 0.2) is 243 Å². The Labute approximate surface area is 727 Å². The van der Waals surface area contributed by atoms with Gasteiger partial charge in [0.05, 0.1) is 111 Å². The Morgan fingerprint density at radius 3 is 1.44 bits per heavy atom. The molecule has 608 valence electrons. The molecule has 0 aliphatic carbocycles. The number of aromatic amines is 3. The van der Waals surface area contributed by atoms with Gasteiger partial charge < -0.3 is 15.0 Å². The number of para-hydroxylation sites is 1. The molecule has 0 unspecified atom stereocenters. The number of benzene rings is 6. The number of nitrogens with zero attached hydrogens (tertiary/aromatic N) is 9. The number of H-pyrrole nitrogens is 3. The molecule has 7 N–H and O–H groups in total. The summed E-state index contributed by atoms with van der Waals surface area (Å²) < 4.78 is 113. The molecule has 15 aromatic rings. The Kier molecular flexibility index (Phi) is 25.9. The lowest BCUT2D eigenvalue weighted by atomic mass is 9.94. The number of aromatic nitrogens is 11. The molecule has 0 bridgehead atoms. The molecule has 0 fully saturated rings. The Morgan fingerprint density at radius 1 is 0.400 bits per heavy atom. The third-order valence-electron chi connectivity index (χ3n) is 17.4. The van der Waals surface area contributed by atoms with Crippen molar-refractivity contribution in [2.45, 2.75) is 40.4 Å². The number of anilines is 4. The number of rotatable bonds is 18. The number of aliphatic imine (C=N–C) groups is 1. The number of ketones is 3. The van der Waals surface area contributed by atoms with E-state index in [-0.39, 0.29) is 129 Å². The van der Waals surface area contributed by atoms with Crippen molar-refractivity contribution in [3.05, 3.63) is 325 Å². The fourth-order valence-corrected chi connectivity index (χ4v) is 17.7. The Bertz CT molecular complexity index is 7080. The second-order valence-electron chi connectivity index (χ2n) is 25.8. The van der Waals surface area contributed by atoms with Gasteiger partial charge in [-0.15, -0.1) is 0 Å². The summed E-state index contributed by atoms with van der Waals surface area (Å²) in [5.74, 6) is -1.13. The van der Waals surface area contributed by atoms with Crippen molar-refractivity contribution in [3.63, 3.8) is 0 Å². The predicted octanol–water partition coefficient (Wildman–Crippen LogP) is 17.9. The third-order valence-corrected chi connectivity index (χ3v) is 26.0. The summed E-state index contributed by atoms with van der Waals surface area (Å²) in [6.07, 6.45) is 13.3. The van der Waals surface area contributed by atoms with E-state index in [0.29, 0.717) is 77.0 Å². The summed E-state index contributed by atoms with van der Waals surface area (Å²) >= 11 is 53.6. The molecular formula is C79H53Cl9N16O12S4. The van der Waals surface area contributed by atoms with Gasteiger partial charge in [0.2, 0.25) is 11.6 Å². The van der Waals surface area contributed by atoms with Gasteiger partial charge in [0.15, 0.2) is 5.78 Å². The number of pyridine rings is 5. The fraction of sp³-hybridized carbons (Fsp3) is 0.0506. The number of nitrogens with one attached hydrogen (secondary N) is 7. The zero-order chi connectivity index (χ0) is 85.9. The van der Waals surface area contributed by atoms with Gasteiger partial charge >= 0.3 is 5.69 Å². The van der Waals surface area contributed by atoms with Gasteiger partial charge in [-0.3, -0.25) is 63.2 Å². The molecule has 0 radical (unpaired) electrons. The molecule has 10 heterocycles. The molecule has 1 aliphatic rings. The predicted molar refractivity (Wildman–Crippen MR) is 465 cm³/mol. The zero-order valence-electron chi connectivity index (χ0n) is 61.4. The quantitative estimate of drug-likeness (QED) is 0.0392. The third kappa shape index (κ3) is 19.4. The van der Waals surface area contributed by atoms with Crippen LogP contribution in [0, 0.1) is 20.8 Å². The number of aryl methyl sites for hydroxylation is 3. The fourth-order valence-electron chi connectivity index (χ4n) is 11.8. The Hall–Kier alpha value is -11.3. The van der Waals surface area contributed by atoms with E-state index in [9.17, 15) is 52.8 Å². The maximum atomic E-state index is 13.2. The van der Waals surface area contributed by atoms with E-state index in [0.717, 1.165) is 0 Å². The highest BCUT2D eigenvalue weighted by Gasteiger charge is 2.30. The van der Waals surface area contributed by atoms with Crippen LogP contribution in [0.5, 0.6) is 0 Å². The monoisotopic (exact) mass is 1860 g/mol. The maximum Gasteiger partial charge on any atom is 0.346 e. The van der Waals surface area contributed by atoms with Crippen molar-refractivity contribution >= 4 is 223 Å². The summed E-state index contributed by atoms with van der Waals surface area (Å²) in [5.41, 5.74) is 5.79. The molecule has 16 rings (SSSR count). The van der Waals surface area contributed by atoms with Gasteiger partial charge in [0.1, 0.15) is 52.7 Å². The van der Waals surface area contributed by atoms with Gasteiger partial charge in [0, 0.05) is 75.7 Å². The second-order valence-corrected chi connectivity index (χ2v) is 36.2. The number of halogens is 9. The van der Waals surface area contributed by atoms with Crippen molar-refractivity contribution in [2.24, 2.45) is 4.99 Å². The number of Topliss-reactive ketones (excluding diaryl/α,β-unsaturated/α-hetero) is 1. The molecule has 6 aromatic carbocycles. The SMILES string of the molecule is Cc1cc(S(=O)(=O)Nc2cc(Cl)cnc2-c2nc(=O)[nH]c3ccccc23)ccc1Cl.Cc1cnc(C(=O)c2cncc3[nH]ccc23)c(NS(=O)(=O)c2ccc(Cl)c(Cl)c2)c1.Cc1cnc(C(=O)c2ncnc3[nH]ccc23)c(NS(=O)(=O)c2ccc(Cl)c(Cl)c2)c1.O=C1CN=C(c2ncc(Cl)cc2NS(=O)(=O)c2ccc(Cl)c(Cl)c2)c2ccccc21. The highest BCUT2D eigenvalue weighted by molar-refractivity contribution is 7.93. The van der Waals surface area contributed by atoms with Crippen LogP contribution in [0.2, 0.25) is 45.2 Å². The average molecular weight is 1870 g/mol.